The van der Waals surface area contributed by atoms with Gasteiger partial charge in [-0.25, -0.2) is 0 Å². The first-order chi connectivity index (χ1) is 5.37. The lowest BCUT2D eigenvalue weighted by Gasteiger charge is -2.60. The Kier molecular flexibility index (Phi) is 2.83. The van der Waals surface area contributed by atoms with E-state index in [9.17, 15) is 0 Å². The molecule has 0 atom stereocenters. The van der Waals surface area contributed by atoms with Gasteiger partial charge in [-0.05, 0) is 25.2 Å². The molecule has 1 fully saturated rings. The lowest BCUT2D eigenvalue weighted by atomic mass is 10.4. The molecule has 1 rings (SSSR count). The monoisotopic (exact) mass is 202 g/mol. The van der Waals surface area contributed by atoms with Crippen molar-refractivity contribution in [3.05, 3.63) is 0 Å². The molecule has 0 spiro atoms. The highest BCUT2D eigenvalue weighted by Gasteiger charge is 2.48. The van der Waals surface area contributed by atoms with E-state index in [1.54, 1.807) is 0 Å². The van der Waals surface area contributed by atoms with Crippen LogP contribution in [0.25, 0.3) is 0 Å². The highest BCUT2D eigenvalue weighted by atomic mass is 28.4. The van der Waals surface area contributed by atoms with Crippen LogP contribution < -0.4 is 0 Å². The van der Waals surface area contributed by atoms with Gasteiger partial charge in [0, 0.05) is 0 Å². The van der Waals surface area contributed by atoms with E-state index in [1.165, 1.54) is 0 Å². The molecule has 12 heavy (non-hydrogen) atoms. The van der Waals surface area contributed by atoms with E-state index < -0.39 is 8.40 Å². The summed E-state index contributed by atoms with van der Waals surface area (Å²) in [6, 6.07) is 1.57. The molecule has 1 aliphatic rings. The molecule has 0 N–H and O–H groups in total. The van der Waals surface area contributed by atoms with Crippen LogP contribution in [0.15, 0.2) is 0 Å². The van der Waals surface area contributed by atoms with Crippen LogP contribution in [0.2, 0.25) is 13.1 Å². The van der Waals surface area contributed by atoms with Gasteiger partial charge in [0.15, 0.2) is 18.2 Å². The second-order valence-electron chi connectivity index (χ2n) is 4.76. The highest BCUT2D eigenvalue weighted by molar-refractivity contribution is 6.89. The normalized spacial score (nSPS) is 25.0. The molecule has 0 aromatic carbocycles. The Morgan fingerprint density at radius 1 is 0.917 bits per heavy atom. The second-order valence-corrected chi connectivity index (χ2v) is 11.8. The van der Waals surface area contributed by atoms with Gasteiger partial charge in [0.1, 0.15) is 0 Å². The van der Waals surface area contributed by atoms with E-state index in [0.717, 1.165) is 12.1 Å². The first-order valence-corrected chi connectivity index (χ1v) is 9.06. The Bertz CT molecular complexity index is 152. The van der Waals surface area contributed by atoms with Crippen LogP contribution in [-0.4, -0.2) is 38.8 Å². The van der Waals surface area contributed by atoms with Crippen molar-refractivity contribution in [2.45, 2.75) is 52.9 Å². The molecular formula is C8H22N2Si2. The predicted octanol–water partition coefficient (Wildman–Crippen LogP) is 1.12. The van der Waals surface area contributed by atoms with E-state index in [0.29, 0.717) is 0 Å². The largest absolute Gasteiger partial charge is 0.325 e. The van der Waals surface area contributed by atoms with Crippen LogP contribution in [0.1, 0.15) is 27.7 Å². The van der Waals surface area contributed by atoms with E-state index >= 15 is 0 Å². The van der Waals surface area contributed by atoms with Gasteiger partial charge in [-0.3, -0.25) is 0 Å². The maximum absolute atomic E-state index is 2.80. The van der Waals surface area contributed by atoms with Crippen molar-refractivity contribution in [2.75, 3.05) is 0 Å². The van der Waals surface area contributed by atoms with Gasteiger partial charge >= 0.3 is 0 Å². The topological polar surface area (TPSA) is 6.48 Å². The second kappa shape index (κ2) is 3.25. The summed E-state index contributed by atoms with van der Waals surface area (Å²) >= 11 is 0. The van der Waals surface area contributed by atoms with E-state index in [2.05, 4.69) is 49.3 Å². The molecule has 72 valence electrons. The average Bonchev–Trinajstić information content (AvgIpc) is 1.83. The van der Waals surface area contributed by atoms with Crippen LogP contribution in [0.5, 0.6) is 0 Å². The molecule has 1 heterocycles. The minimum absolute atomic E-state index is 0.0378. The van der Waals surface area contributed by atoms with Crippen molar-refractivity contribution < 1.29 is 0 Å². The third-order valence-corrected chi connectivity index (χ3v) is 14.4. The van der Waals surface area contributed by atoms with Gasteiger partial charge in [-0.1, -0.05) is 27.7 Å². The molecule has 0 radical (unpaired) electrons. The Morgan fingerprint density at radius 3 is 1.42 bits per heavy atom. The molecule has 0 unspecified atom stereocenters. The van der Waals surface area contributed by atoms with Gasteiger partial charge in [-0.15, -0.1) is 0 Å². The zero-order valence-corrected chi connectivity index (χ0v) is 11.7. The molecule has 0 aromatic rings. The van der Waals surface area contributed by atoms with Crippen LogP contribution in [0.4, 0.5) is 0 Å². The molecule has 0 amide bonds. The summed E-state index contributed by atoms with van der Waals surface area (Å²) in [4.78, 5) is 0. The lowest BCUT2D eigenvalue weighted by molar-refractivity contribution is 0.347. The standard InChI is InChI=1S/C8H22N2Si2/c1-7(2)9-11-10(8(3)4)12(9,5)6/h7-8H,11H2,1-6H3. The minimum atomic E-state index is -1.11. The molecule has 0 aliphatic carbocycles. The van der Waals surface area contributed by atoms with Crippen molar-refractivity contribution in [3.8, 4) is 0 Å². The Morgan fingerprint density at radius 2 is 1.25 bits per heavy atom. The number of nitrogens with zero attached hydrogens (tertiary/aromatic N) is 2. The molecule has 4 heteroatoms. The maximum Gasteiger partial charge on any atom is 0.188 e. The Hall–Kier alpha value is 0.354. The summed E-state index contributed by atoms with van der Waals surface area (Å²) in [5.41, 5.74) is 0. The maximum atomic E-state index is 2.80. The summed E-state index contributed by atoms with van der Waals surface area (Å²) in [6.45, 7) is 14.3. The molecule has 0 saturated carbocycles. The van der Waals surface area contributed by atoms with Crippen molar-refractivity contribution in [3.63, 3.8) is 0 Å². The van der Waals surface area contributed by atoms with Crippen molar-refractivity contribution in [1.82, 2.24) is 8.46 Å². The first kappa shape index (κ1) is 10.4. The van der Waals surface area contributed by atoms with Crippen molar-refractivity contribution in [1.29, 1.82) is 0 Å². The van der Waals surface area contributed by atoms with Crippen LogP contribution in [0, 0.1) is 0 Å². The molecule has 1 saturated heterocycles. The van der Waals surface area contributed by atoms with Crippen LogP contribution in [0.3, 0.4) is 0 Å². The molecule has 1 aliphatic heterocycles. The van der Waals surface area contributed by atoms with Gasteiger partial charge in [-0.2, -0.15) is 0 Å². The number of hydrogen-bond acceptors (Lipinski definition) is 2. The van der Waals surface area contributed by atoms with Gasteiger partial charge in [0.05, 0.1) is 0 Å². The Labute approximate surface area is 80.1 Å². The fraction of sp³-hybridized carbons (Fsp3) is 1.00. The molecule has 0 aromatic heterocycles. The third-order valence-electron chi connectivity index (χ3n) is 2.96. The van der Waals surface area contributed by atoms with E-state index in [1.807, 2.05) is 0 Å². The van der Waals surface area contributed by atoms with E-state index in [-0.39, 0.29) is 9.84 Å². The summed E-state index contributed by atoms with van der Waals surface area (Å²) in [5, 5.41) is 0. The third kappa shape index (κ3) is 1.53. The van der Waals surface area contributed by atoms with E-state index in [4.69, 9.17) is 0 Å². The number of rotatable bonds is 2. The predicted molar refractivity (Wildman–Crippen MR) is 60.0 cm³/mol. The highest BCUT2D eigenvalue weighted by Crippen LogP contribution is 2.28. The quantitative estimate of drug-likeness (QED) is 0.619. The summed E-state index contributed by atoms with van der Waals surface area (Å²) < 4.78 is 5.60. The van der Waals surface area contributed by atoms with Gasteiger partial charge < -0.3 is 8.46 Å². The fourth-order valence-electron chi connectivity index (χ4n) is 2.19. The van der Waals surface area contributed by atoms with Crippen LogP contribution in [-0.2, 0) is 0 Å². The van der Waals surface area contributed by atoms with Crippen molar-refractivity contribution >= 4 is 18.2 Å². The average molecular weight is 202 g/mol. The zero-order chi connectivity index (χ0) is 9.52. The van der Waals surface area contributed by atoms with Gasteiger partial charge in [0.2, 0.25) is 0 Å². The lowest BCUT2D eigenvalue weighted by Crippen LogP contribution is -2.80. The molecule has 2 nitrogen and oxygen atoms in total. The smallest absolute Gasteiger partial charge is 0.188 e. The summed E-state index contributed by atoms with van der Waals surface area (Å²) in [7, 11) is -1.15. The minimum Gasteiger partial charge on any atom is -0.325 e. The summed E-state index contributed by atoms with van der Waals surface area (Å²) in [6.07, 6.45) is 0. The Balaban J connectivity index is 2.59. The zero-order valence-electron chi connectivity index (χ0n) is 9.26. The molecule has 0 bridgehead atoms. The van der Waals surface area contributed by atoms with Crippen molar-refractivity contribution in [2.24, 2.45) is 0 Å². The number of hydrogen-bond donors (Lipinski definition) is 0. The van der Waals surface area contributed by atoms with Gasteiger partial charge in [0.25, 0.3) is 0 Å². The molecular weight excluding hydrogens is 180 g/mol. The SMILES string of the molecule is CC(C)N1[SiH2]N(C(C)C)[Si]1(C)C. The summed E-state index contributed by atoms with van der Waals surface area (Å²) in [5.74, 6) is 0. The first-order valence-electron chi connectivity index (χ1n) is 4.91. The fourth-order valence-corrected chi connectivity index (χ4v) is 9.66. The van der Waals surface area contributed by atoms with Crippen LogP contribution >= 0.6 is 0 Å².